The third-order valence-corrected chi connectivity index (χ3v) is 8.99. The van der Waals surface area contributed by atoms with Gasteiger partial charge in [-0.1, -0.05) is 48.2 Å². The first-order valence-electron chi connectivity index (χ1n) is 19.0. The van der Waals surface area contributed by atoms with Gasteiger partial charge in [-0.05, 0) is 88.4 Å². The minimum absolute atomic E-state index is 0.0873. The summed E-state index contributed by atoms with van der Waals surface area (Å²) < 4.78 is 16.7. The van der Waals surface area contributed by atoms with Gasteiger partial charge in [0.15, 0.2) is 0 Å². The van der Waals surface area contributed by atoms with E-state index >= 15 is 0 Å². The smallest absolute Gasteiger partial charge is 0.410 e. The summed E-state index contributed by atoms with van der Waals surface area (Å²) in [5.41, 5.74) is 2.53. The molecular formula is C43H46N10O4. The van der Waals surface area contributed by atoms with Crippen molar-refractivity contribution in [3.05, 3.63) is 96.8 Å². The zero-order valence-corrected chi connectivity index (χ0v) is 32.3. The summed E-state index contributed by atoms with van der Waals surface area (Å²) in [6.07, 6.45) is 4.71. The highest BCUT2D eigenvalue weighted by molar-refractivity contribution is 5.89. The van der Waals surface area contributed by atoms with E-state index in [9.17, 15) is 4.79 Å². The molecule has 0 spiro atoms. The van der Waals surface area contributed by atoms with Crippen LogP contribution >= 0.6 is 0 Å². The average Bonchev–Trinajstić information content (AvgIpc) is 4.04. The van der Waals surface area contributed by atoms with Crippen LogP contribution in [0.15, 0.2) is 85.5 Å². The van der Waals surface area contributed by atoms with E-state index in [4.69, 9.17) is 14.2 Å². The number of nitrogens with zero attached hydrogens (tertiary/aromatic N) is 5. The number of amides is 1. The number of likely N-dealkylation sites (tertiary alicyclic amines) is 1. The number of fused-ring (bicyclic) bond motifs is 2. The Morgan fingerprint density at radius 3 is 1.82 bits per heavy atom. The summed E-state index contributed by atoms with van der Waals surface area (Å²) in [5, 5.41) is 12.1. The van der Waals surface area contributed by atoms with Gasteiger partial charge in [0.1, 0.15) is 65.9 Å². The molecule has 2 aromatic carbocycles. The van der Waals surface area contributed by atoms with Crippen LogP contribution in [-0.4, -0.2) is 98.0 Å². The van der Waals surface area contributed by atoms with Crippen LogP contribution in [0.1, 0.15) is 45.0 Å². The highest BCUT2D eigenvalue weighted by atomic mass is 16.6. The lowest BCUT2D eigenvalue weighted by Crippen LogP contribution is -2.36. The molecule has 5 N–H and O–H groups in total. The van der Waals surface area contributed by atoms with Crippen LogP contribution in [0.2, 0.25) is 0 Å². The molecule has 14 heteroatoms. The summed E-state index contributed by atoms with van der Waals surface area (Å²) in [6.45, 7) is 9.44. The van der Waals surface area contributed by atoms with Crippen molar-refractivity contribution in [3.63, 3.8) is 0 Å². The zero-order valence-electron chi connectivity index (χ0n) is 32.3. The molecule has 2 aliphatic heterocycles. The molecule has 2 fully saturated rings. The van der Waals surface area contributed by atoms with Gasteiger partial charge in [-0.15, -0.1) is 0 Å². The van der Waals surface area contributed by atoms with Crippen molar-refractivity contribution in [2.24, 2.45) is 0 Å². The van der Waals surface area contributed by atoms with Gasteiger partial charge in [-0.3, -0.25) is 0 Å². The van der Waals surface area contributed by atoms with Crippen molar-refractivity contribution in [3.8, 4) is 35.2 Å². The molecule has 292 valence electrons. The number of hydrogen-bond donors (Lipinski definition) is 5. The summed E-state index contributed by atoms with van der Waals surface area (Å²) in [4.78, 5) is 37.8. The molecule has 0 radical (unpaired) electrons. The largest absolute Gasteiger partial charge is 0.481 e. The molecule has 2 aliphatic rings. The van der Waals surface area contributed by atoms with E-state index in [-0.39, 0.29) is 12.1 Å². The van der Waals surface area contributed by atoms with Gasteiger partial charge in [-0.25, -0.2) is 24.7 Å². The molecule has 2 atom stereocenters. The molecule has 2 unspecified atom stereocenters. The van der Waals surface area contributed by atoms with Crippen LogP contribution in [0.5, 0.6) is 11.5 Å². The number of rotatable bonds is 8. The predicted molar refractivity (Wildman–Crippen MR) is 220 cm³/mol. The van der Waals surface area contributed by atoms with Gasteiger partial charge in [0.2, 0.25) is 0 Å². The van der Waals surface area contributed by atoms with Crippen molar-refractivity contribution in [1.29, 1.82) is 0 Å². The normalized spacial score (nSPS) is 16.1. The Bertz CT molecular complexity index is 2380. The standard InChI is InChI=1S/C24H27N5O3.C19H19N5O/c1-24(2,3)32-23(30)29-12-11-18(15-29)28-22-20-14-17(27-21(20)25-16-26-22)8-7-13-31-19-9-5-4-6-10-19;1-2-6-16(7-3-1)25-10-4-5-14-11-17-18(23-14)21-13-22-19(17)24-15-8-9-20-12-15/h4-6,9-10,14,16,18H,11-13,15H2,1-3H3,(H2,25,26,27,28);1-3,6-7,11,13,15,20H,8-10,12H2,(H2,21,22,23,24). The Balaban J connectivity index is 0.000000179. The van der Waals surface area contributed by atoms with Crippen molar-refractivity contribution >= 4 is 39.8 Å². The first-order chi connectivity index (χ1) is 27.8. The first-order valence-corrected chi connectivity index (χ1v) is 19.0. The quantitative estimate of drug-likeness (QED) is 0.116. The number of anilines is 2. The van der Waals surface area contributed by atoms with Crippen LogP contribution in [0.25, 0.3) is 22.1 Å². The monoisotopic (exact) mass is 766 g/mol. The lowest BCUT2D eigenvalue weighted by atomic mass is 10.2. The fraction of sp³-hybridized carbons (Fsp3) is 0.326. The Kier molecular flexibility index (Phi) is 12.3. The first kappa shape index (κ1) is 38.5. The molecule has 14 nitrogen and oxygen atoms in total. The molecule has 4 aromatic heterocycles. The highest BCUT2D eigenvalue weighted by Gasteiger charge is 2.30. The highest BCUT2D eigenvalue weighted by Crippen LogP contribution is 2.24. The van der Waals surface area contributed by atoms with Crippen LogP contribution in [0.4, 0.5) is 16.4 Å². The summed E-state index contributed by atoms with van der Waals surface area (Å²) in [7, 11) is 0. The van der Waals surface area contributed by atoms with Gasteiger partial charge in [-0.2, -0.15) is 0 Å². The molecule has 8 rings (SSSR count). The van der Waals surface area contributed by atoms with Crippen LogP contribution < -0.4 is 25.4 Å². The number of hydrogen-bond acceptors (Lipinski definition) is 11. The molecule has 6 aromatic rings. The van der Waals surface area contributed by atoms with E-state index < -0.39 is 5.60 Å². The molecule has 2 saturated heterocycles. The number of para-hydroxylation sites is 2. The fourth-order valence-electron chi connectivity index (χ4n) is 6.31. The molecule has 0 saturated carbocycles. The second-order valence-corrected chi connectivity index (χ2v) is 14.5. The predicted octanol–water partition coefficient (Wildman–Crippen LogP) is 5.97. The van der Waals surface area contributed by atoms with E-state index in [1.807, 2.05) is 93.6 Å². The minimum Gasteiger partial charge on any atom is -0.481 e. The second kappa shape index (κ2) is 18.2. The zero-order chi connectivity index (χ0) is 39.5. The van der Waals surface area contributed by atoms with E-state index in [0.717, 1.165) is 76.9 Å². The summed E-state index contributed by atoms with van der Waals surface area (Å²) in [6, 6.07) is 23.6. The third kappa shape index (κ3) is 10.9. The lowest BCUT2D eigenvalue weighted by molar-refractivity contribution is 0.0293. The summed E-state index contributed by atoms with van der Waals surface area (Å²) in [5.74, 6) is 15.4. The third-order valence-electron chi connectivity index (χ3n) is 8.99. The van der Waals surface area contributed by atoms with E-state index in [1.54, 1.807) is 11.2 Å². The van der Waals surface area contributed by atoms with Crippen LogP contribution in [0.3, 0.4) is 0 Å². The van der Waals surface area contributed by atoms with E-state index in [0.29, 0.717) is 38.0 Å². The molecule has 0 aliphatic carbocycles. The number of ether oxygens (including phenoxy) is 3. The number of carbonyl (C=O) groups is 1. The number of aromatic amines is 2. The number of nitrogens with one attached hydrogen (secondary N) is 5. The van der Waals surface area contributed by atoms with E-state index in [1.165, 1.54) is 6.33 Å². The molecule has 57 heavy (non-hydrogen) atoms. The lowest BCUT2D eigenvalue weighted by Gasteiger charge is -2.24. The Morgan fingerprint density at radius 2 is 1.32 bits per heavy atom. The Morgan fingerprint density at radius 1 is 0.772 bits per heavy atom. The van der Waals surface area contributed by atoms with Crippen molar-refractivity contribution in [2.75, 3.05) is 50.0 Å². The van der Waals surface area contributed by atoms with Crippen molar-refractivity contribution in [2.45, 2.75) is 51.3 Å². The fourth-order valence-corrected chi connectivity index (χ4v) is 6.31. The minimum atomic E-state index is -0.504. The van der Waals surface area contributed by atoms with Crippen molar-refractivity contribution in [1.82, 2.24) is 40.1 Å². The maximum Gasteiger partial charge on any atom is 0.410 e. The van der Waals surface area contributed by atoms with Crippen LogP contribution in [-0.2, 0) is 4.74 Å². The maximum absolute atomic E-state index is 12.3. The SMILES string of the molecule is C(#Cc1cc2c(NC3CCNC3)ncnc2[nH]1)COc1ccccc1.CC(C)(C)OC(=O)N1CCC(Nc2ncnc3[nH]c(C#CCOc4ccccc4)cc23)C1. The topological polar surface area (TPSA) is 167 Å². The Labute approximate surface area is 331 Å². The van der Waals surface area contributed by atoms with Gasteiger partial charge >= 0.3 is 6.09 Å². The number of benzene rings is 2. The summed E-state index contributed by atoms with van der Waals surface area (Å²) >= 11 is 0. The van der Waals surface area contributed by atoms with Crippen molar-refractivity contribution < 1.29 is 19.0 Å². The van der Waals surface area contributed by atoms with Crippen LogP contribution in [0, 0.1) is 23.7 Å². The van der Waals surface area contributed by atoms with Gasteiger partial charge < -0.3 is 45.0 Å². The molecular weight excluding hydrogens is 721 g/mol. The van der Waals surface area contributed by atoms with Gasteiger partial charge in [0.25, 0.3) is 0 Å². The maximum atomic E-state index is 12.3. The van der Waals surface area contributed by atoms with Gasteiger partial charge in [0.05, 0.1) is 22.2 Å². The Hall–Kier alpha value is -6.77. The number of carbonyl (C=O) groups excluding carboxylic acids is 1. The van der Waals surface area contributed by atoms with Gasteiger partial charge in [0, 0.05) is 31.7 Å². The average molecular weight is 767 g/mol. The number of H-pyrrole nitrogens is 2. The molecule has 6 heterocycles. The van der Waals surface area contributed by atoms with E-state index in [2.05, 4.69) is 69.5 Å². The second-order valence-electron chi connectivity index (χ2n) is 14.5. The molecule has 0 bridgehead atoms. The number of aromatic nitrogens is 6. The molecule has 1 amide bonds.